The van der Waals surface area contributed by atoms with Crippen molar-refractivity contribution in [2.75, 3.05) is 26.3 Å². The molecule has 3 rings (SSSR count). The fraction of sp³-hybridized carbons (Fsp3) is 0.480. The molecule has 2 heterocycles. The van der Waals surface area contributed by atoms with E-state index in [9.17, 15) is 9.59 Å². The minimum atomic E-state index is -0.650. The van der Waals surface area contributed by atoms with Crippen molar-refractivity contribution in [3.63, 3.8) is 0 Å². The van der Waals surface area contributed by atoms with Crippen molar-refractivity contribution in [1.29, 1.82) is 0 Å². The van der Waals surface area contributed by atoms with Gasteiger partial charge < -0.3 is 9.47 Å². The summed E-state index contributed by atoms with van der Waals surface area (Å²) in [6.45, 7) is 8.76. The van der Waals surface area contributed by atoms with Crippen LogP contribution in [0.4, 0.5) is 0 Å². The molecule has 0 radical (unpaired) electrons. The van der Waals surface area contributed by atoms with E-state index < -0.39 is 11.9 Å². The van der Waals surface area contributed by atoms with Crippen LogP contribution < -0.4 is 0 Å². The second kappa shape index (κ2) is 11.6. The number of hydrogen-bond acceptors (Lipinski definition) is 6. The molecule has 0 unspecified atom stereocenters. The zero-order valence-electron chi connectivity index (χ0n) is 19.3. The standard InChI is InChI=1S/C25H33N3O4/c1-4-31-24(29)23(25(30)32-5-2)12-11-22-17-19(3)26-28(22)21-13-15-27(16-14-21)18-20-9-7-6-8-10-20/h6-10,12,17,21H,4-5,11,13-16,18H2,1-3H3. The molecular formula is C25H33N3O4. The number of hydrogen-bond donors (Lipinski definition) is 0. The van der Waals surface area contributed by atoms with Crippen molar-refractivity contribution >= 4 is 11.9 Å². The molecule has 1 aromatic heterocycles. The molecule has 172 valence electrons. The Labute approximate surface area is 190 Å². The smallest absolute Gasteiger partial charge is 0.345 e. The number of nitrogens with zero attached hydrogens (tertiary/aromatic N) is 3. The molecule has 1 aliphatic heterocycles. The first-order valence-corrected chi connectivity index (χ1v) is 11.4. The van der Waals surface area contributed by atoms with E-state index in [1.165, 1.54) is 5.56 Å². The van der Waals surface area contributed by atoms with Gasteiger partial charge in [0.15, 0.2) is 0 Å². The Morgan fingerprint density at radius 1 is 1.06 bits per heavy atom. The summed E-state index contributed by atoms with van der Waals surface area (Å²) >= 11 is 0. The second-order valence-electron chi connectivity index (χ2n) is 7.98. The second-order valence-corrected chi connectivity index (χ2v) is 7.98. The van der Waals surface area contributed by atoms with Gasteiger partial charge >= 0.3 is 11.9 Å². The van der Waals surface area contributed by atoms with Crippen LogP contribution >= 0.6 is 0 Å². The Bertz CT molecular complexity index is 908. The molecule has 0 amide bonds. The van der Waals surface area contributed by atoms with Crippen LogP contribution in [0.5, 0.6) is 0 Å². The lowest BCUT2D eigenvalue weighted by Gasteiger charge is -2.32. The maximum Gasteiger partial charge on any atom is 0.345 e. The van der Waals surface area contributed by atoms with Crippen molar-refractivity contribution in [1.82, 2.24) is 14.7 Å². The van der Waals surface area contributed by atoms with Crippen LogP contribution in [0.25, 0.3) is 0 Å². The van der Waals surface area contributed by atoms with E-state index in [-0.39, 0.29) is 18.8 Å². The SMILES string of the molecule is CCOC(=O)C(=CCc1cc(C)nn1C1CCN(Cc2ccccc2)CC1)C(=O)OCC. The molecule has 7 nitrogen and oxygen atoms in total. The molecule has 0 N–H and O–H groups in total. The number of ether oxygens (including phenoxy) is 2. The quantitative estimate of drug-likeness (QED) is 0.257. The third kappa shape index (κ3) is 6.29. The van der Waals surface area contributed by atoms with Crippen LogP contribution in [0.1, 0.15) is 49.7 Å². The average molecular weight is 440 g/mol. The molecular weight excluding hydrogens is 406 g/mol. The third-order valence-corrected chi connectivity index (χ3v) is 5.59. The molecule has 1 saturated heterocycles. The molecule has 0 atom stereocenters. The highest BCUT2D eigenvalue weighted by atomic mass is 16.6. The predicted octanol–water partition coefficient (Wildman–Crippen LogP) is 3.62. The molecule has 0 bridgehead atoms. The van der Waals surface area contributed by atoms with Gasteiger partial charge in [0.1, 0.15) is 5.57 Å². The summed E-state index contributed by atoms with van der Waals surface area (Å²) in [5.74, 6) is -1.30. The Kier molecular flexibility index (Phi) is 8.62. The topological polar surface area (TPSA) is 73.7 Å². The maximum atomic E-state index is 12.2. The van der Waals surface area contributed by atoms with Crippen molar-refractivity contribution in [2.45, 2.75) is 52.6 Å². The van der Waals surface area contributed by atoms with Crippen molar-refractivity contribution in [2.24, 2.45) is 0 Å². The number of likely N-dealkylation sites (tertiary alicyclic amines) is 1. The van der Waals surface area contributed by atoms with Crippen LogP contribution in [0.2, 0.25) is 0 Å². The highest BCUT2D eigenvalue weighted by Crippen LogP contribution is 2.25. The van der Waals surface area contributed by atoms with E-state index in [4.69, 9.17) is 14.6 Å². The molecule has 0 saturated carbocycles. The number of benzene rings is 1. The normalized spacial score (nSPS) is 14.7. The Balaban J connectivity index is 1.68. The van der Waals surface area contributed by atoms with E-state index >= 15 is 0 Å². The zero-order valence-corrected chi connectivity index (χ0v) is 19.3. The first kappa shape index (κ1) is 23.7. The van der Waals surface area contributed by atoms with Gasteiger partial charge in [-0.05, 0) is 45.2 Å². The lowest BCUT2D eigenvalue weighted by atomic mass is 10.0. The van der Waals surface area contributed by atoms with E-state index in [2.05, 4.69) is 33.8 Å². The third-order valence-electron chi connectivity index (χ3n) is 5.59. The number of carbonyl (C=O) groups is 2. The summed E-state index contributed by atoms with van der Waals surface area (Å²) in [6.07, 6.45) is 4.03. The van der Waals surface area contributed by atoms with Gasteiger partial charge in [-0.1, -0.05) is 36.4 Å². The van der Waals surface area contributed by atoms with Gasteiger partial charge in [0.05, 0.1) is 24.9 Å². The van der Waals surface area contributed by atoms with Gasteiger partial charge in [0.2, 0.25) is 0 Å². The van der Waals surface area contributed by atoms with Crippen LogP contribution in [0.3, 0.4) is 0 Å². The molecule has 1 aromatic carbocycles. The first-order chi connectivity index (χ1) is 15.5. The minimum Gasteiger partial charge on any atom is -0.462 e. The van der Waals surface area contributed by atoms with Gasteiger partial charge in [-0.25, -0.2) is 9.59 Å². The molecule has 1 fully saturated rings. The van der Waals surface area contributed by atoms with Gasteiger partial charge in [-0.3, -0.25) is 9.58 Å². The minimum absolute atomic E-state index is 0.0585. The Hall–Kier alpha value is -2.93. The Morgan fingerprint density at radius 2 is 1.69 bits per heavy atom. The fourth-order valence-corrected chi connectivity index (χ4v) is 4.08. The molecule has 7 heteroatoms. The largest absolute Gasteiger partial charge is 0.462 e. The molecule has 2 aromatic rings. The summed E-state index contributed by atoms with van der Waals surface area (Å²) in [5.41, 5.74) is 3.18. The van der Waals surface area contributed by atoms with Crippen LogP contribution in [-0.2, 0) is 32.0 Å². The van der Waals surface area contributed by atoms with Gasteiger partial charge in [-0.15, -0.1) is 0 Å². The van der Waals surface area contributed by atoms with E-state index in [1.807, 2.05) is 19.1 Å². The lowest BCUT2D eigenvalue weighted by Crippen LogP contribution is -2.35. The van der Waals surface area contributed by atoms with Gasteiger partial charge in [0, 0.05) is 31.7 Å². The number of aryl methyl sites for hydroxylation is 1. The lowest BCUT2D eigenvalue weighted by molar-refractivity contribution is -0.146. The molecule has 0 spiro atoms. The van der Waals surface area contributed by atoms with Crippen LogP contribution in [0.15, 0.2) is 48.0 Å². The predicted molar refractivity (Wildman–Crippen MR) is 122 cm³/mol. The summed E-state index contributed by atoms with van der Waals surface area (Å²) in [5, 5.41) is 4.72. The first-order valence-electron chi connectivity index (χ1n) is 11.4. The zero-order chi connectivity index (χ0) is 22.9. The van der Waals surface area contributed by atoms with Crippen molar-refractivity contribution < 1.29 is 19.1 Å². The summed E-state index contributed by atoms with van der Waals surface area (Å²) in [6, 6.07) is 12.8. The number of piperidine rings is 1. The number of esters is 2. The van der Waals surface area contributed by atoms with Crippen LogP contribution in [0, 0.1) is 6.92 Å². The summed E-state index contributed by atoms with van der Waals surface area (Å²) in [4.78, 5) is 27.0. The van der Waals surface area contributed by atoms with E-state index in [0.717, 1.165) is 43.9 Å². The molecule has 32 heavy (non-hydrogen) atoms. The average Bonchev–Trinajstić information content (AvgIpc) is 3.16. The fourth-order valence-electron chi connectivity index (χ4n) is 4.08. The molecule has 1 aliphatic rings. The molecule has 0 aliphatic carbocycles. The van der Waals surface area contributed by atoms with Gasteiger partial charge in [-0.2, -0.15) is 5.10 Å². The van der Waals surface area contributed by atoms with Crippen molar-refractivity contribution in [3.05, 3.63) is 65.0 Å². The van der Waals surface area contributed by atoms with Crippen LogP contribution in [-0.4, -0.2) is 52.9 Å². The number of aromatic nitrogens is 2. The Morgan fingerprint density at radius 3 is 2.28 bits per heavy atom. The van der Waals surface area contributed by atoms with Crippen molar-refractivity contribution in [3.8, 4) is 0 Å². The maximum absolute atomic E-state index is 12.2. The monoisotopic (exact) mass is 439 g/mol. The number of rotatable bonds is 9. The number of allylic oxidation sites excluding steroid dienone is 1. The van der Waals surface area contributed by atoms with E-state index in [0.29, 0.717) is 12.5 Å². The summed E-state index contributed by atoms with van der Waals surface area (Å²) < 4.78 is 12.1. The van der Waals surface area contributed by atoms with Gasteiger partial charge in [0.25, 0.3) is 0 Å². The van der Waals surface area contributed by atoms with E-state index in [1.54, 1.807) is 19.9 Å². The highest BCUT2D eigenvalue weighted by Gasteiger charge is 2.24. The number of carbonyl (C=O) groups excluding carboxylic acids is 2. The highest BCUT2D eigenvalue weighted by molar-refractivity contribution is 6.14. The summed E-state index contributed by atoms with van der Waals surface area (Å²) in [7, 11) is 0.